The highest BCUT2D eigenvalue weighted by Gasteiger charge is 2.42. The van der Waals surface area contributed by atoms with Crippen molar-refractivity contribution in [1.29, 1.82) is 0 Å². The summed E-state index contributed by atoms with van der Waals surface area (Å²) in [5.74, 6) is 1.49. The zero-order chi connectivity index (χ0) is 18.7. The van der Waals surface area contributed by atoms with Crippen LogP contribution in [-0.2, 0) is 11.2 Å². The van der Waals surface area contributed by atoms with Gasteiger partial charge >= 0.3 is 0 Å². The average molecular weight is 388 g/mol. The number of aromatic amines is 1. The number of hydrogen-bond acceptors (Lipinski definition) is 5. The van der Waals surface area contributed by atoms with Crippen molar-refractivity contribution in [3.05, 3.63) is 69.4 Å². The number of rotatable bonds is 3. The van der Waals surface area contributed by atoms with Crippen LogP contribution in [0.2, 0.25) is 0 Å². The van der Waals surface area contributed by atoms with E-state index in [2.05, 4.69) is 51.8 Å². The van der Waals surface area contributed by atoms with Gasteiger partial charge in [0.05, 0.1) is 18.9 Å². The summed E-state index contributed by atoms with van der Waals surface area (Å²) in [4.78, 5) is 10.6. The third-order valence-corrected chi connectivity index (χ3v) is 7.34. The Labute approximate surface area is 166 Å². The molecule has 3 aromatic rings. The van der Waals surface area contributed by atoms with E-state index >= 15 is 0 Å². The molecule has 0 spiro atoms. The van der Waals surface area contributed by atoms with Crippen LogP contribution in [0.1, 0.15) is 39.3 Å². The Bertz CT molecular complexity index is 1170. The monoisotopic (exact) mass is 388 g/mol. The Morgan fingerprint density at radius 3 is 3.04 bits per heavy atom. The van der Waals surface area contributed by atoms with E-state index in [0.717, 1.165) is 18.7 Å². The molecule has 140 valence electrons. The summed E-state index contributed by atoms with van der Waals surface area (Å²) < 4.78 is 5.21. The molecule has 2 N–H and O–H groups in total. The SMILES string of the molecule is COC1=CCC(c2cc3c(s2)CC2C(c4ccc5cc[nH]c5c4)=NNC32)C=N1. The third-order valence-electron chi connectivity index (χ3n) is 6.03. The van der Waals surface area contributed by atoms with Gasteiger partial charge in [0.2, 0.25) is 5.88 Å². The molecule has 0 saturated carbocycles. The number of thiophene rings is 1. The molecule has 3 atom stereocenters. The summed E-state index contributed by atoms with van der Waals surface area (Å²) in [6.45, 7) is 0. The fourth-order valence-electron chi connectivity index (χ4n) is 4.56. The van der Waals surface area contributed by atoms with Gasteiger partial charge < -0.3 is 15.1 Å². The number of hydrazone groups is 1. The Balaban J connectivity index is 1.25. The summed E-state index contributed by atoms with van der Waals surface area (Å²) in [7, 11) is 1.67. The van der Waals surface area contributed by atoms with Crippen molar-refractivity contribution in [1.82, 2.24) is 10.4 Å². The van der Waals surface area contributed by atoms with Crippen LogP contribution in [0, 0.1) is 5.92 Å². The fraction of sp³-hybridized carbons (Fsp3) is 0.273. The van der Waals surface area contributed by atoms with Crippen LogP contribution in [0.15, 0.2) is 58.6 Å². The fourth-order valence-corrected chi connectivity index (χ4v) is 5.90. The summed E-state index contributed by atoms with van der Waals surface area (Å²) in [5.41, 5.74) is 8.39. The molecule has 4 heterocycles. The van der Waals surface area contributed by atoms with Gasteiger partial charge in [-0.2, -0.15) is 5.10 Å². The summed E-state index contributed by atoms with van der Waals surface area (Å²) in [6.07, 6.45) is 8.09. The van der Waals surface area contributed by atoms with E-state index < -0.39 is 0 Å². The van der Waals surface area contributed by atoms with Gasteiger partial charge in [0.1, 0.15) is 0 Å². The minimum Gasteiger partial charge on any atom is -0.481 e. The lowest BCUT2D eigenvalue weighted by Crippen LogP contribution is -2.18. The normalized spacial score (nSPS) is 25.2. The van der Waals surface area contributed by atoms with Crippen LogP contribution in [0.4, 0.5) is 0 Å². The molecule has 1 aromatic carbocycles. The summed E-state index contributed by atoms with van der Waals surface area (Å²) in [6, 6.07) is 11.3. The molecular formula is C22H20N4OS. The molecule has 28 heavy (non-hydrogen) atoms. The molecule has 6 heteroatoms. The van der Waals surface area contributed by atoms with Gasteiger partial charge in [-0.15, -0.1) is 11.3 Å². The second-order valence-electron chi connectivity index (χ2n) is 7.59. The zero-order valence-corrected chi connectivity index (χ0v) is 16.3. The lowest BCUT2D eigenvalue weighted by molar-refractivity contribution is 0.285. The highest BCUT2D eigenvalue weighted by Crippen LogP contribution is 2.46. The molecular weight excluding hydrogens is 368 g/mol. The van der Waals surface area contributed by atoms with Crippen molar-refractivity contribution in [2.45, 2.75) is 24.8 Å². The number of hydrogen-bond donors (Lipinski definition) is 2. The lowest BCUT2D eigenvalue weighted by atomic mass is 9.91. The van der Waals surface area contributed by atoms with Crippen molar-refractivity contribution in [2.24, 2.45) is 16.0 Å². The van der Waals surface area contributed by atoms with Gasteiger partial charge in [0.15, 0.2) is 0 Å². The molecule has 3 aliphatic rings. The molecule has 6 rings (SSSR count). The predicted molar refractivity (Wildman–Crippen MR) is 113 cm³/mol. The molecule has 3 unspecified atom stereocenters. The quantitative estimate of drug-likeness (QED) is 0.694. The average Bonchev–Trinajstić information content (AvgIpc) is 3.48. The first kappa shape index (κ1) is 16.1. The van der Waals surface area contributed by atoms with Crippen LogP contribution in [0.25, 0.3) is 10.9 Å². The van der Waals surface area contributed by atoms with Crippen LogP contribution >= 0.6 is 11.3 Å². The van der Waals surface area contributed by atoms with Gasteiger partial charge in [0.25, 0.3) is 0 Å². The minimum atomic E-state index is 0.292. The number of methoxy groups -OCH3 is 1. The number of aromatic nitrogens is 1. The number of fused-ring (bicyclic) bond motifs is 4. The molecule has 0 radical (unpaired) electrons. The molecule has 0 bridgehead atoms. The predicted octanol–water partition coefficient (Wildman–Crippen LogP) is 4.50. The van der Waals surface area contributed by atoms with E-state index in [1.165, 1.54) is 37.5 Å². The molecule has 2 aliphatic heterocycles. The molecule has 2 aromatic heterocycles. The maximum absolute atomic E-state index is 5.21. The highest BCUT2D eigenvalue weighted by atomic mass is 32.1. The number of nitrogens with zero attached hydrogens (tertiary/aromatic N) is 2. The van der Waals surface area contributed by atoms with Crippen molar-refractivity contribution < 1.29 is 4.74 Å². The molecule has 0 amide bonds. The topological polar surface area (TPSA) is 61.8 Å². The molecule has 5 nitrogen and oxygen atoms in total. The van der Waals surface area contributed by atoms with Gasteiger partial charge in [-0.3, -0.25) is 0 Å². The maximum Gasteiger partial charge on any atom is 0.208 e. The van der Waals surface area contributed by atoms with E-state index in [1.807, 2.05) is 23.7 Å². The van der Waals surface area contributed by atoms with Gasteiger partial charge in [-0.1, -0.05) is 12.1 Å². The second kappa shape index (κ2) is 6.07. The standard InChI is InChI=1S/C22H20N4OS/c1-27-20-5-4-14(11-24-20)18-9-15-19(28-18)10-16-21(25-26-22(15)16)13-3-2-12-6-7-23-17(12)8-13/h2-3,5-9,11,14,16,22-23,26H,4,10H2,1H3. The Morgan fingerprint density at radius 2 is 2.18 bits per heavy atom. The minimum absolute atomic E-state index is 0.292. The van der Waals surface area contributed by atoms with E-state index in [-0.39, 0.29) is 0 Å². The largest absolute Gasteiger partial charge is 0.481 e. The van der Waals surface area contributed by atoms with E-state index in [1.54, 1.807) is 7.11 Å². The van der Waals surface area contributed by atoms with Gasteiger partial charge in [0, 0.05) is 45.1 Å². The summed E-state index contributed by atoms with van der Waals surface area (Å²) in [5, 5.41) is 5.97. The molecule has 1 aliphatic carbocycles. The number of nitrogens with one attached hydrogen (secondary N) is 2. The first-order valence-electron chi connectivity index (χ1n) is 9.61. The van der Waals surface area contributed by atoms with Crippen LogP contribution in [0.5, 0.6) is 0 Å². The maximum atomic E-state index is 5.21. The van der Waals surface area contributed by atoms with Crippen molar-refractivity contribution >= 4 is 34.2 Å². The third kappa shape index (κ3) is 2.37. The molecule has 0 fully saturated rings. The number of ether oxygens (including phenoxy) is 1. The van der Waals surface area contributed by atoms with E-state index in [9.17, 15) is 0 Å². The highest BCUT2D eigenvalue weighted by molar-refractivity contribution is 7.12. The Hall–Kier alpha value is -2.86. The number of benzene rings is 1. The number of H-pyrrole nitrogens is 1. The number of aliphatic imine (C=N–C) groups is 1. The summed E-state index contributed by atoms with van der Waals surface area (Å²) >= 11 is 1.93. The smallest absolute Gasteiger partial charge is 0.208 e. The van der Waals surface area contributed by atoms with Crippen molar-refractivity contribution in [3.63, 3.8) is 0 Å². The Morgan fingerprint density at radius 1 is 1.21 bits per heavy atom. The van der Waals surface area contributed by atoms with Crippen molar-refractivity contribution in [3.8, 4) is 0 Å². The zero-order valence-electron chi connectivity index (χ0n) is 15.5. The second-order valence-corrected chi connectivity index (χ2v) is 8.76. The van der Waals surface area contributed by atoms with Gasteiger partial charge in [-0.05, 0) is 48.1 Å². The Kier molecular flexibility index (Phi) is 3.50. The van der Waals surface area contributed by atoms with Crippen LogP contribution < -0.4 is 5.43 Å². The van der Waals surface area contributed by atoms with Crippen LogP contribution in [0.3, 0.4) is 0 Å². The van der Waals surface area contributed by atoms with Crippen molar-refractivity contribution in [2.75, 3.05) is 7.11 Å². The van der Waals surface area contributed by atoms with Gasteiger partial charge in [-0.25, -0.2) is 4.99 Å². The molecule has 0 saturated heterocycles. The lowest BCUT2D eigenvalue weighted by Gasteiger charge is -2.15. The van der Waals surface area contributed by atoms with E-state index in [0.29, 0.717) is 17.9 Å². The first-order valence-corrected chi connectivity index (χ1v) is 10.4. The first-order chi connectivity index (χ1) is 13.8. The van der Waals surface area contributed by atoms with Crippen LogP contribution in [-0.4, -0.2) is 24.0 Å². The van der Waals surface area contributed by atoms with E-state index in [4.69, 9.17) is 9.84 Å². The number of allylic oxidation sites excluding steroid dienone is 1.